The second-order valence-corrected chi connectivity index (χ2v) is 5.71. The van der Waals surface area contributed by atoms with Crippen LogP contribution in [0, 0.1) is 5.41 Å². The largest absolute Gasteiger partial charge is 0.378 e. The maximum atomic E-state index is 11.1. The molecule has 0 N–H and O–H groups in total. The maximum Gasteiger partial charge on any atom is 0.134 e. The standard InChI is InChI=1S/C14H24O3/c1-3-13(8-12(15)9-13)10-16-11-14(17-4-2)6-5-7-14/h3-11H2,1-2H3. The van der Waals surface area contributed by atoms with Crippen molar-refractivity contribution in [1.29, 1.82) is 0 Å². The van der Waals surface area contributed by atoms with E-state index in [0.717, 1.165) is 32.5 Å². The van der Waals surface area contributed by atoms with Crippen LogP contribution in [0.2, 0.25) is 0 Å². The van der Waals surface area contributed by atoms with Crippen LogP contribution in [0.1, 0.15) is 52.4 Å². The molecule has 2 saturated carbocycles. The highest BCUT2D eigenvalue weighted by molar-refractivity contribution is 5.86. The van der Waals surface area contributed by atoms with E-state index in [1.165, 1.54) is 6.42 Å². The molecule has 0 atom stereocenters. The van der Waals surface area contributed by atoms with Gasteiger partial charge in [-0.15, -0.1) is 0 Å². The van der Waals surface area contributed by atoms with Crippen LogP contribution in [0.15, 0.2) is 0 Å². The smallest absolute Gasteiger partial charge is 0.134 e. The summed E-state index contributed by atoms with van der Waals surface area (Å²) in [6.45, 7) is 6.39. The molecule has 3 nitrogen and oxygen atoms in total. The number of carbonyl (C=O) groups excluding carboxylic acids is 1. The van der Waals surface area contributed by atoms with E-state index in [0.29, 0.717) is 25.2 Å². The molecule has 0 bridgehead atoms. The number of carbonyl (C=O) groups is 1. The van der Waals surface area contributed by atoms with E-state index in [1.54, 1.807) is 0 Å². The Morgan fingerprint density at radius 3 is 2.29 bits per heavy atom. The fourth-order valence-electron chi connectivity index (χ4n) is 2.90. The summed E-state index contributed by atoms with van der Waals surface area (Å²) in [4.78, 5) is 11.1. The van der Waals surface area contributed by atoms with Gasteiger partial charge in [0.1, 0.15) is 5.78 Å². The van der Waals surface area contributed by atoms with Crippen molar-refractivity contribution in [2.75, 3.05) is 19.8 Å². The summed E-state index contributed by atoms with van der Waals surface area (Å²) in [7, 11) is 0. The van der Waals surface area contributed by atoms with Gasteiger partial charge in [0.2, 0.25) is 0 Å². The number of ether oxygens (including phenoxy) is 2. The predicted molar refractivity (Wildman–Crippen MR) is 66.0 cm³/mol. The van der Waals surface area contributed by atoms with E-state index in [1.807, 2.05) is 6.92 Å². The Bertz CT molecular complexity index is 273. The Hall–Kier alpha value is -0.410. The van der Waals surface area contributed by atoms with Gasteiger partial charge in [0.05, 0.1) is 18.8 Å². The lowest BCUT2D eigenvalue weighted by molar-refractivity contribution is -0.158. The first-order valence-corrected chi connectivity index (χ1v) is 6.87. The number of hydrogen-bond donors (Lipinski definition) is 0. The van der Waals surface area contributed by atoms with Crippen LogP contribution in [0.3, 0.4) is 0 Å². The Balaban J connectivity index is 1.73. The number of Topliss-reactive ketones (excluding diaryl/α,β-unsaturated/α-hetero) is 1. The third kappa shape index (κ3) is 2.71. The van der Waals surface area contributed by atoms with Crippen molar-refractivity contribution in [3.05, 3.63) is 0 Å². The molecule has 0 aliphatic heterocycles. The molecule has 0 amide bonds. The number of rotatable bonds is 7. The van der Waals surface area contributed by atoms with Gasteiger partial charge in [0, 0.05) is 24.9 Å². The van der Waals surface area contributed by atoms with Gasteiger partial charge in [0.25, 0.3) is 0 Å². The Morgan fingerprint density at radius 1 is 1.18 bits per heavy atom. The molecule has 3 heteroatoms. The molecule has 0 unspecified atom stereocenters. The highest BCUT2D eigenvalue weighted by atomic mass is 16.5. The molecule has 2 aliphatic carbocycles. The maximum absolute atomic E-state index is 11.1. The molecule has 0 heterocycles. The van der Waals surface area contributed by atoms with Crippen molar-refractivity contribution in [1.82, 2.24) is 0 Å². The second kappa shape index (κ2) is 5.07. The fraction of sp³-hybridized carbons (Fsp3) is 0.929. The minimum atomic E-state index is -0.00254. The van der Waals surface area contributed by atoms with Gasteiger partial charge >= 0.3 is 0 Å². The first-order chi connectivity index (χ1) is 8.14. The molecule has 2 rings (SSSR count). The van der Waals surface area contributed by atoms with E-state index in [2.05, 4.69) is 6.92 Å². The van der Waals surface area contributed by atoms with Crippen molar-refractivity contribution in [2.24, 2.45) is 5.41 Å². The molecule has 0 spiro atoms. The van der Waals surface area contributed by atoms with E-state index in [4.69, 9.17) is 9.47 Å². The van der Waals surface area contributed by atoms with Crippen LogP contribution in [-0.2, 0) is 14.3 Å². The molecule has 0 aromatic heterocycles. The third-order valence-electron chi connectivity index (χ3n) is 4.38. The van der Waals surface area contributed by atoms with Gasteiger partial charge in [-0.3, -0.25) is 4.79 Å². The van der Waals surface area contributed by atoms with Gasteiger partial charge < -0.3 is 9.47 Å². The normalized spacial score (nSPS) is 25.2. The fourth-order valence-corrected chi connectivity index (χ4v) is 2.90. The summed E-state index contributed by atoms with van der Waals surface area (Å²) in [6.07, 6.45) is 5.97. The highest BCUT2D eigenvalue weighted by Gasteiger charge is 2.43. The Kier molecular flexibility index (Phi) is 3.88. The van der Waals surface area contributed by atoms with Gasteiger partial charge in [0.15, 0.2) is 0 Å². The molecular formula is C14H24O3. The van der Waals surface area contributed by atoms with E-state index >= 15 is 0 Å². The quantitative estimate of drug-likeness (QED) is 0.686. The Labute approximate surface area is 104 Å². The highest BCUT2D eigenvalue weighted by Crippen LogP contribution is 2.42. The topological polar surface area (TPSA) is 35.5 Å². The van der Waals surface area contributed by atoms with Crippen molar-refractivity contribution >= 4 is 5.78 Å². The summed E-state index contributed by atoms with van der Waals surface area (Å²) in [5.74, 6) is 0.388. The molecule has 2 aliphatic rings. The molecule has 98 valence electrons. The van der Waals surface area contributed by atoms with Gasteiger partial charge in [-0.25, -0.2) is 0 Å². The lowest BCUT2D eigenvalue weighted by Gasteiger charge is -2.44. The predicted octanol–water partition coefficient (Wildman–Crippen LogP) is 2.72. The average molecular weight is 240 g/mol. The molecule has 0 radical (unpaired) electrons. The minimum absolute atomic E-state index is 0.00254. The van der Waals surface area contributed by atoms with Crippen molar-refractivity contribution in [3.8, 4) is 0 Å². The molecule has 0 aromatic rings. The first-order valence-electron chi connectivity index (χ1n) is 6.87. The van der Waals surface area contributed by atoms with Gasteiger partial charge in [-0.2, -0.15) is 0 Å². The third-order valence-corrected chi connectivity index (χ3v) is 4.38. The lowest BCUT2D eigenvalue weighted by Crippen LogP contribution is -2.47. The van der Waals surface area contributed by atoms with Crippen LogP contribution in [0.4, 0.5) is 0 Å². The van der Waals surface area contributed by atoms with Gasteiger partial charge in [-0.1, -0.05) is 6.92 Å². The average Bonchev–Trinajstić information content (AvgIpc) is 2.22. The zero-order valence-corrected chi connectivity index (χ0v) is 11.1. The zero-order chi connectivity index (χ0) is 12.4. The SMILES string of the molecule is CCOC1(COCC2(CC)CC(=O)C2)CCC1. The first kappa shape index (κ1) is 13.0. The van der Waals surface area contributed by atoms with Gasteiger partial charge in [-0.05, 0) is 32.6 Å². The van der Waals surface area contributed by atoms with E-state index in [9.17, 15) is 4.79 Å². The van der Waals surface area contributed by atoms with Crippen LogP contribution in [0.5, 0.6) is 0 Å². The van der Waals surface area contributed by atoms with Crippen LogP contribution < -0.4 is 0 Å². The molecule has 17 heavy (non-hydrogen) atoms. The summed E-state index contributed by atoms with van der Waals surface area (Å²) < 4.78 is 11.7. The summed E-state index contributed by atoms with van der Waals surface area (Å²) in [5.41, 5.74) is 0.145. The summed E-state index contributed by atoms with van der Waals surface area (Å²) in [6, 6.07) is 0. The van der Waals surface area contributed by atoms with E-state index in [-0.39, 0.29) is 11.0 Å². The minimum Gasteiger partial charge on any atom is -0.378 e. The van der Waals surface area contributed by atoms with Crippen molar-refractivity contribution in [2.45, 2.75) is 58.0 Å². The molecular weight excluding hydrogens is 216 g/mol. The van der Waals surface area contributed by atoms with Crippen LogP contribution >= 0.6 is 0 Å². The summed E-state index contributed by atoms with van der Waals surface area (Å²) in [5, 5.41) is 0. The van der Waals surface area contributed by atoms with E-state index < -0.39 is 0 Å². The molecule has 0 aromatic carbocycles. The monoisotopic (exact) mass is 240 g/mol. The van der Waals surface area contributed by atoms with Crippen molar-refractivity contribution < 1.29 is 14.3 Å². The number of hydrogen-bond acceptors (Lipinski definition) is 3. The Morgan fingerprint density at radius 2 is 1.88 bits per heavy atom. The van der Waals surface area contributed by atoms with Crippen LogP contribution in [-0.4, -0.2) is 31.2 Å². The molecule has 2 fully saturated rings. The zero-order valence-electron chi connectivity index (χ0n) is 11.1. The van der Waals surface area contributed by atoms with Crippen molar-refractivity contribution in [3.63, 3.8) is 0 Å². The summed E-state index contributed by atoms with van der Waals surface area (Å²) >= 11 is 0. The molecule has 0 saturated heterocycles. The van der Waals surface area contributed by atoms with Crippen LogP contribution in [0.25, 0.3) is 0 Å². The lowest BCUT2D eigenvalue weighted by atomic mass is 9.67. The number of ketones is 1. The second-order valence-electron chi connectivity index (χ2n) is 5.71.